The molecule has 1 heterocycles. The smallest absolute Gasteiger partial charge is 0.241 e. The quantitative estimate of drug-likeness (QED) is 0.820. The number of hydrogen-bond acceptors (Lipinski definition) is 4. The van der Waals surface area contributed by atoms with Gasteiger partial charge in [0.05, 0.1) is 11.1 Å². The molecule has 2 N–H and O–H groups in total. The van der Waals surface area contributed by atoms with E-state index in [2.05, 4.69) is 14.9 Å². The Hall–Kier alpha value is -1.99. The third kappa shape index (κ3) is 3.12. The minimum atomic E-state index is -3.63. The number of aromatic amines is 1. The number of nitrogens with zero attached hydrogens (tertiary/aromatic N) is 1. The molecule has 106 valence electrons. The Morgan fingerprint density at radius 3 is 2.45 bits per heavy atom. The zero-order valence-corrected chi connectivity index (χ0v) is 11.9. The van der Waals surface area contributed by atoms with Crippen molar-refractivity contribution < 1.29 is 13.2 Å². The summed E-state index contributed by atoms with van der Waals surface area (Å²) >= 11 is 0. The molecule has 0 spiro atoms. The van der Waals surface area contributed by atoms with E-state index in [1.54, 1.807) is 19.3 Å². The van der Waals surface area contributed by atoms with Crippen LogP contribution in [0.15, 0.2) is 41.6 Å². The molecule has 1 aromatic heterocycles. The van der Waals surface area contributed by atoms with Crippen LogP contribution in [-0.2, 0) is 10.0 Å². The van der Waals surface area contributed by atoms with Crippen molar-refractivity contribution in [3.05, 3.63) is 47.8 Å². The molecule has 0 saturated carbocycles. The van der Waals surface area contributed by atoms with Gasteiger partial charge in [-0.25, -0.2) is 13.1 Å². The summed E-state index contributed by atoms with van der Waals surface area (Å²) in [6, 6.07) is 5.44. The van der Waals surface area contributed by atoms with Gasteiger partial charge in [-0.15, -0.1) is 0 Å². The number of H-pyrrole nitrogens is 1. The third-order valence-corrected chi connectivity index (χ3v) is 4.48. The fourth-order valence-corrected chi connectivity index (χ4v) is 2.97. The summed E-state index contributed by atoms with van der Waals surface area (Å²) in [6.45, 7) is 3.16. The monoisotopic (exact) mass is 293 g/mol. The molecule has 0 aliphatic rings. The molecule has 1 unspecified atom stereocenters. The largest absolute Gasteiger partial charge is 0.295 e. The number of carbonyl (C=O) groups is 1. The SMILES string of the molecule is CC(=O)c1ccc(S(=O)(=O)NC(C)c2cn[nH]c2)cc1. The predicted molar refractivity (Wildman–Crippen MR) is 73.8 cm³/mol. The Morgan fingerprint density at radius 2 is 1.95 bits per heavy atom. The van der Waals surface area contributed by atoms with Gasteiger partial charge >= 0.3 is 0 Å². The lowest BCUT2D eigenvalue weighted by Crippen LogP contribution is -2.26. The molecule has 0 aliphatic carbocycles. The molecule has 1 atom stereocenters. The highest BCUT2D eigenvalue weighted by atomic mass is 32.2. The van der Waals surface area contributed by atoms with Crippen LogP contribution in [0.1, 0.15) is 35.8 Å². The lowest BCUT2D eigenvalue weighted by Gasteiger charge is -2.12. The van der Waals surface area contributed by atoms with Crippen molar-refractivity contribution in [1.29, 1.82) is 0 Å². The van der Waals surface area contributed by atoms with Gasteiger partial charge < -0.3 is 0 Å². The number of aromatic nitrogens is 2. The van der Waals surface area contributed by atoms with E-state index >= 15 is 0 Å². The molecular weight excluding hydrogens is 278 g/mol. The van der Waals surface area contributed by atoms with Crippen molar-refractivity contribution >= 4 is 15.8 Å². The fourth-order valence-electron chi connectivity index (χ4n) is 1.74. The molecule has 1 aromatic carbocycles. The van der Waals surface area contributed by atoms with E-state index in [0.717, 1.165) is 5.56 Å². The summed E-state index contributed by atoms with van der Waals surface area (Å²) in [5.41, 5.74) is 1.22. The molecule has 0 bridgehead atoms. The maximum atomic E-state index is 12.2. The van der Waals surface area contributed by atoms with Crippen molar-refractivity contribution in [2.45, 2.75) is 24.8 Å². The summed E-state index contributed by atoms with van der Waals surface area (Å²) in [4.78, 5) is 11.3. The summed E-state index contributed by atoms with van der Waals surface area (Å²) in [6.07, 6.45) is 3.19. The van der Waals surface area contributed by atoms with Gasteiger partial charge in [0.2, 0.25) is 10.0 Å². The number of nitrogens with one attached hydrogen (secondary N) is 2. The van der Waals surface area contributed by atoms with Crippen LogP contribution >= 0.6 is 0 Å². The molecule has 0 radical (unpaired) electrons. The van der Waals surface area contributed by atoms with Gasteiger partial charge in [0.25, 0.3) is 0 Å². The van der Waals surface area contributed by atoms with E-state index in [1.807, 2.05) is 0 Å². The van der Waals surface area contributed by atoms with E-state index in [0.29, 0.717) is 5.56 Å². The van der Waals surface area contributed by atoms with Crippen molar-refractivity contribution in [2.24, 2.45) is 0 Å². The molecule has 6 nitrogen and oxygen atoms in total. The number of hydrogen-bond donors (Lipinski definition) is 2. The topological polar surface area (TPSA) is 91.9 Å². The number of carbonyl (C=O) groups excluding carboxylic acids is 1. The van der Waals surface area contributed by atoms with Crippen molar-refractivity contribution in [2.75, 3.05) is 0 Å². The first-order valence-corrected chi connectivity index (χ1v) is 7.50. The number of ketones is 1. The highest BCUT2D eigenvalue weighted by Gasteiger charge is 2.19. The second kappa shape index (κ2) is 5.56. The van der Waals surface area contributed by atoms with E-state index in [9.17, 15) is 13.2 Å². The van der Waals surface area contributed by atoms with Gasteiger partial charge in [0.1, 0.15) is 0 Å². The van der Waals surface area contributed by atoms with Gasteiger partial charge in [-0.3, -0.25) is 9.89 Å². The van der Waals surface area contributed by atoms with Gasteiger partial charge in [-0.2, -0.15) is 5.10 Å². The Morgan fingerprint density at radius 1 is 1.30 bits per heavy atom. The van der Waals surface area contributed by atoms with Gasteiger partial charge in [0.15, 0.2) is 5.78 Å². The molecule has 0 fully saturated rings. The first-order valence-electron chi connectivity index (χ1n) is 6.02. The maximum Gasteiger partial charge on any atom is 0.241 e. The van der Waals surface area contributed by atoms with E-state index in [-0.39, 0.29) is 10.7 Å². The highest BCUT2D eigenvalue weighted by molar-refractivity contribution is 7.89. The summed E-state index contributed by atoms with van der Waals surface area (Å²) in [5, 5.41) is 6.41. The fraction of sp³-hybridized carbons (Fsp3) is 0.231. The lowest BCUT2D eigenvalue weighted by molar-refractivity contribution is 0.101. The summed E-state index contributed by atoms with van der Waals surface area (Å²) < 4.78 is 26.9. The molecular formula is C13H15N3O3S. The molecule has 2 rings (SSSR count). The zero-order chi connectivity index (χ0) is 14.8. The van der Waals surface area contributed by atoms with Crippen LogP contribution in [0, 0.1) is 0 Å². The van der Waals surface area contributed by atoms with Crippen LogP contribution in [0.25, 0.3) is 0 Å². The normalized spacial score (nSPS) is 13.1. The maximum absolute atomic E-state index is 12.2. The van der Waals surface area contributed by atoms with Crippen molar-refractivity contribution in [3.8, 4) is 0 Å². The molecule has 2 aromatic rings. The highest BCUT2D eigenvalue weighted by Crippen LogP contribution is 2.16. The van der Waals surface area contributed by atoms with Crippen molar-refractivity contribution in [3.63, 3.8) is 0 Å². The Bertz CT molecular complexity index is 691. The number of sulfonamides is 1. The van der Waals surface area contributed by atoms with Gasteiger partial charge in [0, 0.05) is 23.4 Å². The second-order valence-electron chi connectivity index (χ2n) is 4.46. The average Bonchev–Trinajstić information content (AvgIpc) is 2.92. The minimum absolute atomic E-state index is 0.103. The van der Waals surface area contributed by atoms with Crippen LogP contribution < -0.4 is 4.72 Å². The number of rotatable bonds is 5. The van der Waals surface area contributed by atoms with E-state index in [4.69, 9.17) is 0 Å². The Labute approximate surface area is 117 Å². The summed E-state index contributed by atoms with van der Waals surface area (Å²) in [5.74, 6) is -0.103. The first kappa shape index (κ1) is 14.4. The Kier molecular flexibility index (Phi) is 4.01. The molecule has 0 amide bonds. The molecule has 20 heavy (non-hydrogen) atoms. The average molecular weight is 293 g/mol. The lowest BCUT2D eigenvalue weighted by atomic mass is 10.2. The van der Waals surface area contributed by atoms with E-state index in [1.165, 1.54) is 31.2 Å². The van der Waals surface area contributed by atoms with E-state index < -0.39 is 16.1 Å². The van der Waals surface area contributed by atoms with Gasteiger partial charge in [-0.05, 0) is 26.0 Å². The zero-order valence-electron chi connectivity index (χ0n) is 11.1. The number of Topliss-reactive ketones (excluding diaryl/α,β-unsaturated/α-hetero) is 1. The van der Waals surface area contributed by atoms with Crippen LogP contribution in [0.3, 0.4) is 0 Å². The first-order chi connectivity index (χ1) is 9.40. The van der Waals surface area contributed by atoms with Crippen molar-refractivity contribution in [1.82, 2.24) is 14.9 Å². The second-order valence-corrected chi connectivity index (χ2v) is 6.17. The molecule has 0 aliphatic heterocycles. The van der Waals surface area contributed by atoms with Gasteiger partial charge in [-0.1, -0.05) is 12.1 Å². The van der Waals surface area contributed by atoms with Crippen LogP contribution in [0.2, 0.25) is 0 Å². The minimum Gasteiger partial charge on any atom is -0.295 e. The molecule has 7 heteroatoms. The van der Waals surface area contributed by atoms with Crippen LogP contribution in [-0.4, -0.2) is 24.4 Å². The summed E-state index contributed by atoms with van der Waals surface area (Å²) in [7, 11) is -3.63. The standard InChI is InChI=1S/C13H15N3O3S/c1-9(12-7-14-15-8-12)16-20(18,19)13-5-3-11(4-6-13)10(2)17/h3-9,16H,1-2H3,(H,14,15). The Balaban J connectivity index is 2.20. The molecule has 0 saturated heterocycles. The van der Waals surface area contributed by atoms with Crippen LogP contribution in [0.4, 0.5) is 0 Å². The number of benzene rings is 1. The van der Waals surface area contributed by atoms with Crippen LogP contribution in [0.5, 0.6) is 0 Å². The third-order valence-electron chi connectivity index (χ3n) is 2.92. The predicted octanol–water partition coefficient (Wildman–Crippen LogP) is 1.65.